The Labute approximate surface area is 142 Å². The van der Waals surface area contributed by atoms with Gasteiger partial charge in [-0.1, -0.05) is 0 Å². The SMILES string of the molecule is COc1cc(C(=O)Nc2ccc(OCC#N)cc2)ccc1OC(F)F. The topological polar surface area (TPSA) is 80.6 Å². The maximum atomic E-state index is 12.3. The molecule has 0 radical (unpaired) electrons. The third-order valence-corrected chi connectivity index (χ3v) is 3.06. The molecule has 1 N–H and O–H groups in total. The standard InChI is InChI=1S/C17H14F2N2O4/c1-23-15-10-11(2-7-14(15)25-17(18)19)16(22)21-12-3-5-13(6-4-12)24-9-8-20/h2-7,10,17H,9H2,1H3,(H,21,22). The first-order chi connectivity index (χ1) is 12.0. The molecule has 0 aliphatic carbocycles. The molecule has 2 aromatic carbocycles. The Morgan fingerprint density at radius 1 is 1.20 bits per heavy atom. The summed E-state index contributed by atoms with van der Waals surface area (Å²) in [5.74, 6) is -0.0939. The number of carbonyl (C=O) groups is 1. The summed E-state index contributed by atoms with van der Waals surface area (Å²) in [6.07, 6.45) is 0. The summed E-state index contributed by atoms with van der Waals surface area (Å²) in [6, 6.07) is 12.2. The molecule has 25 heavy (non-hydrogen) atoms. The molecule has 8 heteroatoms. The highest BCUT2D eigenvalue weighted by molar-refractivity contribution is 6.04. The maximum absolute atomic E-state index is 12.3. The second-order valence-corrected chi connectivity index (χ2v) is 4.67. The lowest BCUT2D eigenvalue weighted by atomic mass is 10.2. The van der Waals surface area contributed by atoms with Gasteiger partial charge >= 0.3 is 6.61 Å². The molecular formula is C17H14F2N2O4. The Morgan fingerprint density at radius 3 is 2.52 bits per heavy atom. The van der Waals surface area contributed by atoms with E-state index in [1.807, 2.05) is 6.07 Å². The number of nitriles is 1. The van der Waals surface area contributed by atoms with Crippen molar-refractivity contribution < 1.29 is 27.8 Å². The molecule has 0 saturated carbocycles. The van der Waals surface area contributed by atoms with Crippen molar-refractivity contribution in [1.29, 1.82) is 5.26 Å². The molecule has 130 valence electrons. The summed E-state index contributed by atoms with van der Waals surface area (Å²) < 4.78 is 39.0. The van der Waals surface area contributed by atoms with E-state index in [9.17, 15) is 13.6 Å². The lowest BCUT2D eigenvalue weighted by Gasteiger charge is -2.12. The van der Waals surface area contributed by atoms with Gasteiger partial charge in [-0.3, -0.25) is 4.79 Å². The Hall–Kier alpha value is -3.34. The summed E-state index contributed by atoms with van der Waals surface area (Å²) in [5, 5.41) is 11.1. The summed E-state index contributed by atoms with van der Waals surface area (Å²) in [7, 11) is 1.29. The normalized spacial score (nSPS) is 10.0. The quantitative estimate of drug-likeness (QED) is 0.829. The van der Waals surface area contributed by atoms with Gasteiger partial charge in [0.25, 0.3) is 5.91 Å². The van der Waals surface area contributed by atoms with Crippen molar-refractivity contribution in [3.63, 3.8) is 0 Å². The molecular weight excluding hydrogens is 334 g/mol. The molecule has 0 aromatic heterocycles. The van der Waals surface area contributed by atoms with Gasteiger partial charge in [0.2, 0.25) is 0 Å². The molecule has 0 bridgehead atoms. The highest BCUT2D eigenvalue weighted by Gasteiger charge is 2.14. The van der Waals surface area contributed by atoms with Crippen molar-refractivity contribution in [1.82, 2.24) is 0 Å². The predicted molar refractivity (Wildman–Crippen MR) is 85.1 cm³/mol. The van der Waals surface area contributed by atoms with Crippen LogP contribution in [0.2, 0.25) is 0 Å². The van der Waals surface area contributed by atoms with Crippen molar-refractivity contribution in [3.8, 4) is 23.3 Å². The second-order valence-electron chi connectivity index (χ2n) is 4.67. The number of ether oxygens (including phenoxy) is 3. The zero-order valence-electron chi connectivity index (χ0n) is 13.2. The Bertz CT molecular complexity index is 773. The van der Waals surface area contributed by atoms with Crippen molar-refractivity contribution in [2.24, 2.45) is 0 Å². The Kier molecular flexibility index (Phi) is 6.12. The van der Waals surface area contributed by atoms with Crippen LogP contribution < -0.4 is 19.5 Å². The molecule has 2 aromatic rings. The van der Waals surface area contributed by atoms with Gasteiger partial charge in [0.05, 0.1) is 7.11 Å². The van der Waals surface area contributed by atoms with Gasteiger partial charge in [-0.2, -0.15) is 14.0 Å². The first-order valence-electron chi connectivity index (χ1n) is 7.07. The van der Waals surface area contributed by atoms with Gasteiger partial charge in [-0.05, 0) is 42.5 Å². The number of hydrogen-bond donors (Lipinski definition) is 1. The molecule has 0 unspecified atom stereocenters. The highest BCUT2D eigenvalue weighted by atomic mass is 19.3. The van der Waals surface area contributed by atoms with E-state index in [1.54, 1.807) is 24.3 Å². The number of carbonyl (C=O) groups excluding carboxylic acids is 1. The third kappa shape index (κ3) is 5.07. The first-order valence-corrected chi connectivity index (χ1v) is 7.07. The van der Waals surface area contributed by atoms with E-state index in [1.165, 1.54) is 25.3 Å². The number of benzene rings is 2. The lowest BCUT2D eigenvalue weighted by molar-refractivity contribution is -0.0512. The molecule has 0 heterocycles. The molecule has 0 aliphatic heterocycles. The zero-order valence-corrected chi connectivity index (χ0v) is 13.2. The van der Waals surface area contributed by atoms with Crippen LogP contribution in [-0.4, -0.2) is 26.2 Å². The zero-order chi connectivity index (χ0) is 18.2. The number of amides is 1. The molecule has 0 saturated heterocycles. The minimum atomic E-state index is -2.99. The van der Waals surface area contributed by atoms with Gasteiger partial charge in [0.15, 0.2) is 18.1 Å². The van der Waals surface area contributed by atoms with E-state index < -0.39 is 12.5 Å². The average molecular weight is 348 g/mol. The van der Waals surface area contributed by atoms with E-state index in [0.29, 0.717) is 11.4 Å². The number of anilines is 1. The number of alkyl halides is 2. The van der Waals surface area contributed by atoms with E-state index in [2.05, 4.69) is 10.1 Å². The fourth-order valence-electron chi connectivity index (χ4n) is 1.96. The molecule has 1 amide bonds. The molecule has 6 nitrogen and oxygen atoms in total. The largest absolute Gasteiger partial charge is 0.493 e. The Morgan fingerprint density at radius 2 is 1.92 bits per heavy atom. The van der Waals surface area contributed by atoms with E-state index in [-0.39, 0.29) is 23.7 Å². The summed E-state index contributed by atoms with van der Waals surface area (Å²) in [4.78, 5) is 12.2. The Balaban J connectivity index is 2.08. The predicted octanol–water partition coefficient (Wildman–Crippen LogP) is 3.45. The van der Waals surface area contributed by atoms with Crippen LogP contribution in [0.4, 0.5) is 14.5 Å². The lowest BCUT2D eigenvalue weighted by Crippen LogP contribution is -2.12. The van der Waals surface area contributed by atoms with Crippen LogP contribution in [0.5, 0.6) is 17.2 Å². The molecule has 0 aliphatic rings. The van der Waals surface area contributed by atoms with E-state index >= 15 is 0 Å². The van der Waals surface area contributed by atoms with Crippen molar-refractivity contribution in [2.45, 2.75) is 6.61 Å². The van der Waals surface area contributed by atoms with Gasteiger partial charge in [0.1, 0.15) is 11.8 Å². The second kappa shape index (κ2) is 8.49. The molecule has 0 spiro atoms. The maximum Gasteiger partial charge on any atom is 0.387 e. The summed E-state index contributed by atoms with van der Waals surface area (Å²) >= 11 is 0. The van der Waals surface area contributed by atoms with E-state index in [4.69, 9.17) is 14.7 Å². The smallest absolute Gasteiger partial charge is 0.387 e. The van der Waals surface area contributed by atoms with Gasteiger partial charge in [-0.15, -0.1) is 0 Å². The number of nitrogens with zero attached hydrogens (tertiary/aromatic N) is 1. The van der Waals surface area contributed by atoms with Crippen LogP contribution in [0.15, 0.2) is 42.5 Å². The average Bonchev–Trinajstić information content (AvgIpc) is 2.61. The van der Waals surface area contributed by atoms with Crippen LogP contribution in [0.3, 0.4) is 0 Å². The first kappa shape index (κ1) is 18.0. The van der Waals surface area contributed by atoms with Crippen LogP contribution in [0.25, 0.3) is 0 Å². The van der Waals surface area contributed by atoms with Crippen LogP contribution >= 0.6 is 0 Å². The number of nitrogens with one attached hydrogen (secondary N) is 1. The summed E-state index contributed by atoms with van der Waals surface area (Å²) in [6.45, 7) is -3.06. The van der Waals surface area contributed by atoms with Crippen LogP contribution in [0, 0.1) is 11.3 Å². The number of rotatable bonds is 7. The van der Waals surface area contributed by atoms with Crippen molar-refractivity contribution >= 4 is 11.6 Å². The fraction of sp³-hybridized carbons (Fsp3) is 0.176. The van der Waals surface area contributed by atoms with Crippen LogP contribution in [-0.2, 0) is 0 Å². The van der Waals surface area contributed by atoms with Crippen molar-refractivity contribution in [2.75, 3.05) is 19.0 Å². The molecule has 0 fully saturated rings. The third-order valence-electron chi connectivity index (χ3n) is 3.06. The minimum Gasteiger partial charge on any atom is -0.493 e. The van der Waals surface area contributed by atoms with Crippen LogP contribution in [0.1, 0.15) is 10.4 Å². The minimum absolute atomic E-state index is 0.0215. The number of halogens is 2. The van der Waals surface area contributed by atoms with E-state index in [0.717, 1.165) is 0 Å². The number of hydrogen-bond acceptors (Lipinski definition) is 5. The van der Waals surface area contributed by atoms with Gasteiger partial charge < -0.3 is 19.5 Å². The molecule has 2 rings (SSSR count). The highest BCUT2D eigenvalue weighted by Crippen LogP contribution is 2.29. The monoisotopic (exact) mass is 348 g/mol. The fourth-order valence-corrected chi connectivity index (χ4v) is 1.96. The number of methoxy groups -OCH3 is 1. The van der Waals surface area contributed by atoms with Gasteiger partial charge in [-0.25, -0.2) is 0 Å². The van der Waals surface area contributed by atoms with Crippen molar-refractivity contribution in [3.05, 3.63) is 48.0 Å². The van der Waals surface area contributed by atoms with Gasteiger partial charge in [0, 0.05) is 11.3 Å². The summed E-state index contributed by atoms with van der Waals surface area (Å²) in [5.41, 5.74) is 0.712. The molecule has 0 atom stereocenters.